The standard InChI is InChI=1S/C27H26ClN3O4/c1-16-13-20(26(35-4)21(28)14-16)24(32)22-23(17-8-10-19(11-9-17)30(2)3)31(27(34)25(22)33)15-18-7-5-6-12-29-18/h5-14,23,32H,15H2,1-4H3/b24-22+. The Morgan fingerprint density at radius 1 is 1.14 bits per heavy atom. The van der Waals surface area contributed by atoms with Gasteiger partial charge in [0.1, 0.15) is 11.5 Å². The smallest absolute Gasteiger partial charge is 0.296 e. The van der Waals surface area contributed by atoms with Gasteiger partial charge in [-0.25, -0.2) is 0 Å². The second-order valence-corrected chi connectivity index (χ2v) is 8.97. The molecule has 0 radical (unpaired) electrons. The molecule has 1 aliphatic rings. The third-order valence-electron chi connectivity index (χ3n) is 5.97. The maximum atomic E-state index is 13.3. The van der Waals surface area contributed by atoms with Crippen molar-refractivity contribution in [3.63, 3.8) is 0 Å². The number of aromatic nitrogens is 1. The number of Topliss-reactive ketones (excluding diaryl/α,β-unsaturated/α-hetero) is 1. The van der Waals surface area contributed by atoms with Gasteiger partial charge in [-0.2, -0.15) is 0 Å². The molecule has 0 saturated carbocycles. The largest absolute Gasteiger partial charge is 0.507 e. The summed E-state index contributed by atoms with van der Waals surface area (Å²) in [7, 11) is 5.29. The third-order valence-corrected chi connectivity index (χ3v) is 6.25. The minimum atomic E-state index is -0.822. The van der Waals surface area contributed by atoms with Gasteiger partial charge >= 0.3 is 0 Å². The van der Waals surface area contributed by atoms with Gasteiger partial charge in [-0.05, 0) is 54.4 Å². The molecule has 1 atom stereocenters. The van der Waals surface area contributed by atoms with Crippen molar-refractivity contribution in [3.8, 4) is 5.75 Å². The van der Waals surface area contributed by atoms with Crippen molar-refractivity contribution in [2.24, 2.45) is 0 Å². The first-order chi connectivity index (χ1) is 16.7. The van der Waals surface area contributed by atoms with Crippen LogP contribution in [0.25, 0.3) is 5.76 Å². The number of hydrogen-bond acceptors (Lipinski definition) is 6. The van der Waals surface area contributed by atoms with Crippen LogP contribution in [0, 0.1) is 6.92 Å². The molecule has 8 heteroatoms. The number of likely N-dealkylation sites (tertiary alicyclic amines) is 1. The Bertz CT molecular complexity index is 1300. The fourth-order valence-electron chi connectivity index (χ4n) is 4.27. The number of carbonyl (C=O) groups is 2. The molecule has 7 nitrogen and oxygen atoms in total. The van der Waals surface area contributed by atoms with Crippen molar-refractivity contribution in [1.82, 2.24) is 9.88 Å². The molecule has 0 aliphatic carbocycles. The number of halogens is 1. The van der Waals surface area contributed by atoms with E-state index < -0.39 is 17.7 Å². The highest BCUT2D eigenvalue weighted by Crippen LogP contribution is 2.43. The van der Waals surface area contributed by atoms with Crippen molar-refractivity contribution in [3.05, 3.63) is 93.8 Å². The van der Waals surface area contributed by atoms with Crippen LogP contribution in [0.5, 0.6) is 5.75 Å². The molecule has 1 fully saturated rings. The van der Waals surface area contributed by atoms with Gasteiger partial charge in [0, 0.05) is 26.0 Å². The molecular weight excluding hydrogens is 466 g/mol. The van der Waals surface area contributed by atoms with Crippen LogP contribution in [-0.2, 0) is 16.1 Å². The van der Waals surface area contributed by atoms with E-state index in [1.54, 1.807) is 30.5 Å². The lowest BCUT2D eigenvalue weighted by atomic mass is 9.94. The molecule has 3 aromatic rings. The van der Waals surface area contributed by atoms with Gasteiger partial charge in [0.25, 0.3) is 11.7 Å². The molecular formula is C27H26ClN3O4. The summed E-state index contributed by atoms with van der Waals surface area (Å²) >= 11 is 6.35. The van der Waals surface area contributed by atoms with Crippen LogP contribution in [0.15, 0.2) is 66.4 Å². The Hall–Kier alpha value is -3.84. The highest BCUT2D eigenvalue weighted by Gasteiger charge is 2.46. The summed E-state index contributed by atoms with van der Waals surface area (Å²) in [6.07, 6.45) is 1.63. The summed E-state index contributed by atoms with van der Waals surface area (Å²) in [5.41, 5.74) is 3.27. The van der Waals surface area contributed by atoms with Crippen molar-refractivity contribution in [2.45, 2.75) is 19.5 Å². The highest BCUT2D eigenvalue weighted by molar-refractivity contribution is 6.46. The first-order valence-electron chi connectivity index (χ1n) is 11.0. The third kappa shape index (κ3) is 4.59. The molecule has 0 bridgehead atoms. The van der Waals surface area contributed by atoms with Crippen LogP contribution in [0.2, 0.25) is 5.02 Å². The van der Waals surface area contributed by atoms with Crippen LogP contribution in [0.3, 0.4) is 0 Å². The van der Waals surface area contributed by atoms with Crippen LogP contribution in [0.4, 0.5) is 5.69 Å². The number of methoxy groups -OCH3 is 1. The average molecular weight is 492 g/mol. The topological polar surface area (TPSA) is 83.0 Å². The number of ether oxygens (including phenoxy) is 1. The number of aryl methyl sites for hydroxylation is 1. The lowest BCUT2D eigenvalue weighted by molar-refractivity contribution is -0.140. The molecule has 1 saturated heterocycles. The van der Waals surface area contributed by atoms with E-state index in [4.69, 9.17) is 16.3 Å². The van der Waals surface area contributed by atoms with Crippen LogP contribution < -0.4 is 9.64 Å². The summed E-state index contributed by atoms with van der Waals surface area (Å²) in [4.78, 5) is 34.3. The second kappa shape index (κ2) is 9.80. The SMILES string of the molecule is COc1c(Cl)cc(C)cc1/C(O)=C1\C(=O)C(=O)N(Cc2ccccn2)C1c1ccc(N(C)C)cc1. The Labute approximate surface area is 209 Å². The summed E-state index contributed by atoms with van der Waals surface area (Å²) in [5, 5.41) is 11.7. The van der Waals surface area contributed by atoms with E-state index in [1.165, 1.54) is 12.0 Å². The van der Waals surface area contributed by atoms with Gasteiger partial charge in [0.15, 0.2) is 0 Å². The van der Waals surface area contributed by atoms with E-state index in [9.17, 15) is 14.7 Å². The number of pyridine rings is 1. The van der Waals surface area contributed by atoms with E-state index in [2.05, 4.69) is 4.98 Å². The Morgan fingerprint density at radius 2 is 1.86 bits per heavy atom. The monoisotopic (exact) mass is 491 g/mol. The quantitative estimate of drug-likeness (QED) is 0.304. The lowest BCUT2D eigenvalue weighted by Gasteiger charge is -2.26. The van der Waals surface area contributed by atoms with E-state index in [-0.39, 0.29) is 29.2 Å². The minimum Gasteiger partial charge on any atom is -0.507 e. The molecule has 35 heavy (non-hydrogen) atoms. The lowest BCUT2D eigenvalue weighted by Crippen LogP contribution is -2.29. The zero-order chi connectivity index (χ0) is 25.3. The number of anilines is 1. The first-order valence-corrected chi connectivity index (χ1v) is 11.4. The molecule has 1 amide bonds. The number of nitrogens with zero attached hydrogens (tertiary/aromatic N) is 3. The van der Waals surface area contributed by atoms with E-state index in [1.807, 2.05) is 56.3 Å². The van der Waals surface area contributed by atoms with Crippen LogP contribution >= 0.6 is 11.6 Å². The number of carbonyl (C=O) groups excluding carboxylic acids is 2. The molecule has 2 aromatic carbocycles. The normalized spacial score (nSPS) is 17.1. The Morgan fingerprint density at radius 3 is 2.46 bits per heavy atom. The predicted octanol–water partition coefficient (Wildman–Crippen LogP) is 4.74. The summed E-state index contributed by atoms with van der Waals surface area (Å²) < 4.78 is 5.43. The fraction of sp³-hybridized carbons (Fsp3) is 0.222. The van der Waals surface area contributed by atoms with Crippen molar-refractivity contribution in [1.29, 1.82) is 0 Å². The number of amides is 1. The van der Waals surface area contributed by atoms with E-state index >= 15 is 0 Å². The number of rotatable bonds is 6. The summed E-state index contributed by atoms with van der Waals surface area (Å²) in [5.74, 6) is -1.60. The van der Waals surface area contributed by atoms with Gasteiger partial charge < -0.3 is 19.6 Å². The molecule has 1 aromatic heterocycles. The van der Waals surface area contributed by atoms with Crippen molar-refractivity contribution < 1.29 is 19.4 Å². The van der Waals surface area contributed by atoms with Crippen LogP contribution in [-0.4, -0.2) is 47.9 Å². The van der Waals surface area contributed by atoms with Gasteiger partial charge in [-0.1, -0.05) is 29.8 Å². The van der Waals surface area contributed by atoms with Crippen molar-refractivity contribution in [2.75, 3.05) is 26.1 Å². The number of hydrogen-bond donors (Lipinski definition) is 1. The highest BCUT2D eigenvalue weighted by atomic mass is 35.5. The van der Waals surface area contributed by atoms with E-state index in [0.717, 1.165) is 11.3 Å². The summed E-state index contributed by atoms with van der Waals surface area (Å²) in [6.45, 7) is 1.92. The number of aliphatic hydroxyl groups excluding tert-OH is 1. The number of aliphatic hydroxyl groups is 1. The molecule has 180 valence electrons. The Balaban J connectivity index is 1.92. The molecule has 2 heterocycles. The minimum absolute atomic E-state index is 0.0245. The first kappa shape index (κ1) is 24.3. The predicted molar refractivity (Wildman–Crippen MR) is 136 cm³/mol. The zero-order valence-electron chi connectivity index (χ0n) is 19.9. The Kier molecular flexibility index (Phi) is 6.80. The molecule has 4 rings (SSSR count). The second-order valence-electron chi connectivity index (χ2n) is 8.56. The molecule has 1 aliphatic heterocycles. The maximum absolute atomic E-state index is 13.3. The fourth-order valence-corrected chi connectivity index (χ4v) is 4.62. The maximum Gasteiger partial charge on any atom is 0.296 e. The summed E-state index contributed by atoms with van der Waals surface area (Å²) in [6, 6.07) is 15.5. The molecule has 0 spiro atoms. The molecule has 1 N–H and O–H groups in total. The van der Waals surface area contributed by atoms with Crippen molar-refractivity contribution >= 4 is 34.7 Å². The number of benzene rings is 2. The molecule has 1 unspecified atom stereocenters. The van der Waals surface area contributed by atoms with Gasteiger partial charge in [-0.3, -0.25) is 14.6 Å². The van der Waals surface area contributed by atoms with E-state index in [0.29, 0.717) is 16.3 Å². The zero-order valence-corrected chi connectivity index (χ0v) is 20.7. The number of ketones is 1. The van der Waals surface area contributed by atoms with Gasteiger partial charge in [0.05, 0.1) is 41.5 Å². The van der Waals surface area contributed by atoms with Gasteiger partial charge in [-0.15, -0.1) is 0 Å². The van der Waals surface area contributed by atoms with Gasteiger partial charge in [0.2, 0.25) is 0 Å². The van der Waals surface area contributed by atoms with Crippen LogP contribution in [0.1, 0.15) is 28.4 Å². The average Bonchev–Trinajstić information content (AvgIpc) is 3.08.